The summed E-state index contributed by atoms with van der Waals surface area (Å²) in [4.78, 5) is 23.2. The highest BCUT2D eigenvalue weighted by Crippen LogP contribution is 2.19. The quantitative estimate of drug-likeness (QED) is 0.730. The SMILES string of the molecule is C[C@H](OC(=O)c1ccc(S(=O)(=O)C(F)F)cc1)C(=O)NCc1ccco1. The Hall–Kier alpha value is -2.75. The van der Waals surface area contributed by atoms with E-state index in [9.17, 15) is 26.8 Å². The van der Waals surface area contributed by atoms with Gasteiger partial charge in [-0.3, -0.25) is 4.79 Å². The second kappa shape index (κ2) is 8.09. The molecular formula is C16H15F2NO6S. The predicted molar refractivity (Wildman–Crippen MR) is 85.1 cm³/mol. The number of ether oxygens (including phenoxy) is 1. The van der Waals surface area contributed by atoms with Crippen LogP contribution in [0.2, 0.25) is 0 Å². The van der Waals surface area contributed by atoms with Crippen LogP contribution in [0.1, 0.15) is 23.0 Å². The van der Waals surface area contributed by atoms with Crippen molar-refractivity contribution < 1.29 is 35.9 Å². The Morgan fingerprint density at radius 3 is 2.38 bits per heavy atom. The molecule has 1 N–H and O–H groups in total. The van der Waals surface area contributed by atoms with E-state index in [1.807, 2.05) is 0 Å². The Morgan fingerprint density at radius 1 is 1.19 bits per heavy atom. The summed E-state index contributed by atoms with van der Waals surface area (Å²) in [5.74, 6) is -4.50. The summed E-state index contributed by atoms with van der Waals surface area (Å²) in [6, 6.07) is 7.13. The fourth-order valence-corrected chi connectivity index (χ4v) is 2.62. The molecule has 0 spiro atoms. The van der Waals surface area contributed by atoms with Crippen LogP contribution >= 0.6 is 0 Å². The Kier molecular flexibility index (Phi) is 6.09. The summed E-state index contributed by atoms with van der Waals surface area (Å²) >= 11 is 0. The average molecular weight is 387 g/mol. The summed E-state index contributed by atoms with van der Waals surface area (Å²) in [6.45, 7) is 1.47. The minimum Gasteiger partial charge on any atom is -0.467 e. The standard InChI is InChI=1S/C16H15F2NO6S/c1-10(14(20)19-9-12-3-2-8-24-12)25-15(21)11-4-6-13(7-5-11)26(22,23)16(17)18/h2-8,10,16H,9H2,1H3,(H,19,20)/t10-/m0/s1. The van der Waals surface area contributed by atoms with Crippen LogP contribution in [-0.2, 0) is 25.9 Å². The second-order valence-corrected chi connectivity index (χ2v) is 7.09. The third-order valence-corrected chi connectivity index (χ3v) is 4.72. The van der Waals surface area contributed by atoms with Crippen molar-refractivity contribution in [2.75, 3.05) is 0 Å². The molecule has 0 fully saturated rings. The van der Waals surface area contributed by atoms with Crippen LogP contribution in [-0.4, -0.2) is 32.2 Å². The lowest BCUT2D eigenvalue weighted by Crippen LogP contribution is -2.35. The predicted octanol–water partition coefficient (Wildman–Crippen LogP) is 2.14. The third kappa shape index (κ3) is 4.66. The number of hydrogen-bond donors (Lipinski definition) is 1. The molecule has 0 aliphatic rings. The number of nitrogens with one attached hydrogen (secondary N) is 1. The molecule has 1 heterocycles. The van der Waals surface area contributed by atoms with Gasteiger partial charge < -0.3 is 14.5 Å². The maximum absolute atomic E-state index is 12.5. The van der Waals surface area contributed by atoms with Crippen LogP contribution in [0.4, 0.5) is 8.78 Å². The first kappa shape index (κ1) is 19.6. The number of halogens is 2. The Morgan fingerprint density at radius 2 is 1.85 bits per heavy atom. The lowest BCUT2D eigenvalue weighted by Gasteiger charge is -2.13. The Bertz CT molecular complexity index is 863. The van der Waals surface area contributed by atoms with E-state index in [0.29, 0.717) is 5.76 Å². The van der Waals surface area contributed by atoms with Gasteiger partial charge in [0.05, 0.1) is 23.3 Å². The molecule has 26 heavy (non-hydrogen) atoms. The summed E-state index contributed by atoms with van der Waals surface area (Å²) in [6.07, 6.45) is 0.324. The van der Waals surface area contributed by atoms with Crippen molar-refractivity contribution in [3.05, 3.63) is 54.0 Å². The number of carbonyl (C=O) groups excluding carboxylic acids is 2. The van der Waals surface area contributed by atoms with E-state index in [1.54, 1.807) is 12.1 Å². The first-order valence-electron chi connectivity index (χ1n) is 7.35. The highest BCUT2D eigenvalue weighted by Gasteiger charge is 2.27. The van der Waals surface area contributed by atoms with Crippen LogP contribution in [0.25, 0.3) is 0 Å². The van der Waals surface area contributed by atoms with E-state index in [-0.39, 0.29) is 12.1 Å². The summed E-state index contributed by atoms with van der Waals surface area (Å²) < 4.78 is 57.6. The summed E-state index contributed by atoms with van der Waals surface area (Å²) in [7, 11) is -4.74. The van der Waals surface area contributed by atoms with E-state index in [0.717, 1.165) is 24.3 Å². The van der Waals surface area contributed by atoms with Crippen LogP contribution in [0.5, 0.6) is 0 Å². The van der Waals surface area contributed by atoms with Gasteiger partial charge in [-0.05, 0) is 43.3 Å². The molecule has 1 amide bonds. The van der Waals surface area contributed by atoms with Crippen molar-refractivity contribution in [2.45, 2.75) is 30.2 Å². The topological polar surface area (TPSA) is 103 Å². The van der Waals surface area contributed by atoms with Gasteiger partial charge in [-0.25, -0.2) is 13.2 Å². The van der Waals surface area contributed by atoms with Gasteiger partial charge in [-0.15, -0.1) is 0 Å². The number of amides is 1. The van der Waals surface area contributed by atoms with Gasteiger partial charge in [0, 0.05) is 0 Å². The molecule has 0 bridgehead atoms. The summed E-state index contributed by atoms with van der Waals surface area (Å²) in [5.41, 5.74) is -0.0797. The van der Waals surface area contributed by atoms with Crippen LogP contribution in [0.15, 0.2) is 52.0 Å². The zero-order valence-corrected chi connectivity index (χ0v) is 14.3. The molecule has 140 valence electrons. The van der Waals surface area contributed by atoms with Crippen molar-refractivity contribution >= 4 is 21.7 Å². The molecule has 10 heteroatoms. The van der Waals surface area contributed by atoms with Crippen molar-refractivity contribution in [2.24, 2.45) is 0 Å². The molecular weight excluding hydrogens is 372 g/mol. The fraction of sp³-hybridized carbons (Fsp3) is 0.250. The van der Waals surface area contributed by atoms with E-state index < -0.39 is 38.5 Å². The lowest BCUT2D eigenvalue weighted by atomic mass is 10.2. The maximum atomic E-state index is 12.5. The third-order valence-electron chi connectivity index (χ3n) is 3.32. The lowest BCUT2D eigenvalue weighted by molar-refractivity contribution is -0.129. The molecule has 0 aliphatic heterocycles. The number of benzene rings is 1. The van der Waals surface area contributed by atoms with E-state index >= 15 is 0 Å². The first-order chi connectivity index (χ1) is 12.2. The van der Waals surface area contributed by atoms with Gasteiger partial charge in [0.2, 0.25) is 9.84 Å². The smallest absolute Gasteiger partial charge is 0.341 e. The normalized spacial score (nSPS) is 12.6. The minimum atomic E-state index is -4.74. The number of esters is 1. The van der Waals surface area contributed by atoms with Crippen molar-refractivity contribution in [1.29, 1.82) is 0 Å². The number of hydrogen-bond acceptors (Lipinski definition) is 6. The molecule has 7 nitrogen and oxygen atoms in total. The zero-order chi connectivity index (χ0) is 19.3. The molecule has 2 rings (SSSR count). The first-order valence-corrected chi connectivity index (χ1v) is 8.89. The average Bonchev–Trinajstić information content (AvgIpc) is 3.13. The van der Waals surface area contributed by atoms with Crippen LogP contribution in [0.3, 0.4) is 0 Å². The number of rotatable bonds is 7. The monoisotopic (exact) mass is 387 g/mol. The second-order valence-electron chi connectivity index (χ2n) is 5.17. The maximum Gasteiger partial charge on any atom is 0.341 e. The molecule has 2 aromatic rings. The van der Waals surface area contributed by atoms with Crippen molar-refractivity contribution in [3.63, 3.8) is 0 Å². The van der Waals surface area contributed by atoms with Crippen molar-refractivity contribution in [3.8, 4) is 0 Å². The summed E-state index contributed by atoms with van der Waals surface area (Å²) in [5, 5.41) is 2.51. The molecule has 0 unspecified atom stereocenters. The van der Waals surface area contributed by atoms with Gasteiger partial charge in [0.1, 0.15) is 5.76 Å². The largest absolute Gasteiger partial charge is 0.467 e. The molecule has 0 saturated heterocycles. The van der Waals surface area contributed by atoms with E-state index in [1.165, 1.54) is 13.2 Å². The van der Waals surface area contributed by atoms with Crippen molar-refractivity contribution in [1.82, 2.24) is 5.32 Å². The molecule has 1 aromatic carbocycles. The fourth-order valence-electron chi connectivity index (χ4n) is 1.90. The Labute approximate surface area is 147 Å². The number of sulfone groups is 1. The molecule has 0 saturated carbocycles. The van der Waals surface area contributed by atoms with E-state index in [4.69, 9.17) is 9.15 Å². The molecule has 1 atom stereocenters. The van der Waals surface area contributed by atoms with Gasteiger partial charge in [-0.1, -0.05) is 0 Å². The zero-order valence-electron chi connectivity index (χ0n) is 13.5. The van der Waals surface area contributed by atoms with E-state index in [2.05, 4.69) is 5.32 Å². The Balaban J connectivity index is 1.95. The van der Waals surface area contributed by atoms with Crippen LogP contribution < -0.4 is 5.32 Å². The van der Waals surface area contributed by atoms with Gasteiger partial charge in [-0.2, -0.15) is 8.78 Å². The number of furan rings is 1. The molecule has 0 radical (unpaired) electrons. The number of carbonyl (C=O) groups is 2. The molecule has 1 aromatic heterocycles. The van der Waals surface area contributed by atoms with Gasteiger partial charge in [0.15, 0.2) is 6.10 Å². The van der Waals surface area contributed by atoms with Gasteiger partial charge >= 0.3 is 11.7 Å². The minimum absolute atomic E-state index is 0.0797. The number of alkyl halides is 2. The molecule has 0 aliphatic carbocycles. The van der Waals surface area contributed by atoms with Crippen LogP contribution in [0, 0.1) is 0 Å². The highest BCUT2D eigenvalue weighted by atomic mass is 32.2. The van der Waals surface area contributed by atoms with Gasteiger partial charge in [0.25, 0.3) is 5.91 Å². The highest BCUT2D eigenvalue weighted by molar-refractivity contribution is 7.91.